The largest absolute Gasteiger partial charge is 0.383 e. The summed E-state index contributed by atoms with van der Waals surface area (Å²) >= 11 is 0. The minimum Gasteiger partial charge on any atom is -0.383 e. The molecule has 0 amide bonds. The van der Waals surface area contributed by atoms with Crippen LogP contribution in [0.25, 0.3) is 5.69 Å². The second-order valence-electron chi connectivity index (χ2n) is 3.97. The van der Waals surface area contributed by atoms with E-state index in [-0.39, 0.29) is 0 Å². The zero-order valence-corrected chi connectivity index (χ0v) is 9.72. The monoisotopic (exact) mass is 215 g/mol. The highest BCUT2D eigenvalue weighted by Crippen LogP contribution is 2.14. The molecule has 1 aromatic carbocycles. The summed E-state index contributed by atoms with van der Waals surface area (Å²) < 4.78 is 1.99. The molecular weight excluding hydrogens is 198 g/mol. The fourth-order valence-corrected chi connectivity index (χ4v) is 1.53. The van der Waals surface area contributed by atoms with Gasteiger partial charge in [0.2, 0.25) is 0 Å². The lowest BCUT2D eigenvalue weighted by molar-refractivity contribution is 0.764. The Hall–Kier alpha value is -1.77. The third-order valence-corrected chi connectivity index (χ3v) is 2.70. The van der Waals surface area contributed by atoms with Crippen LogP contribution in [0.15, 0.2) is 43.0 Å². The molecule has 0 saturated heterocycles. The molecule has 0 aliphatic rings. The second-order valence-corrected chi connectivity index (χ2v) is 3.97. The standard InChI is InChI=1S/C13H17N3/c1-3-11(2)15-12-4-6-13(7-5-12)16-9-8-14-10-16/h4-11,15H,3H2,1-2H3. The predicted octanol–water partition coefficient (Wildman–Crippen LogP) is 3.08. The summed E-state index contributed by atoms with van der Waals surface area (Å²) in [6.07, 6.45) is 6.66. The molecule has 1 N–H and O–H groups in total. The maximum absolute atomic E-state index is 4.03. The Morgan fingerprint density at radius 2 is 2.06 bits per heavy atom. The summed E-state index contributed by atoms with van der Waals surface area (Å²) in [7, 11) is 0. The van der Waals surface area contributed by atoms with Crippen molar-refractivity contribution in [3.63, 3.8) is 0 Å². The Balaban J connectivity index is 2.11. The number of aromatic nitrogens is 2. The Bertz CT molecular complexity index is 417. The number of rotatable bonds is 4. The van der Waals surface area contributed by atoms with Crippen LogP contribution >= 0.6 is 0 Å². The smallest absolute Gasteiger partial charge is 0.0991 e. The van der Waals surface area contributed by atoms with Crippen molar-refractivity contribution in [2.24, 2.45) is 0 Å². The minimum atomic E-state index is 0.513. The van der Waals surface area contributed by atoms with E-state index in [0.717, 1.165) is 12.1 Å². The number of hydrogen-bond acceptors (Lipinski definition) is 2. The lowest BCUT2D eigenvalue weighted by Gasteiger charge is -2.13. The molecular formula is C13H17N3. The maximum atomic E-state index is 4.03. The quantitative estimate of drug-likeness (QED) is 0.849. The molecule has 0 saturated carbocycles. The molecule has 1 heterocycles. The normalized spacial score (nSPS) is 12.4. The van der Waals surface area contributed by atoms with Crippen molar-refractivity contribution in [1.29, 1.82) is 0 Å². The van der Waals surface area contributed by atoms with Gasteiger partial charge in [-0.05, 0) is 37.6 Å². The molecule has 0 aliphatic heterocycles. The fraction of sp³-hybridized carbons (Fsp3) is 0.308. The zero-order valence-electron chi connectivity index (χ0n) is 9.72. The van der Waals surface area contributed by atoms with Gasteiger partial charge in [-0.2, -0.15) is 0 Å². The second kappa shape index (κ2) is 4.84. The van der Waals surface area contributed by atoms with Gasteiger partial charge in [-0.15, -0.1) is 0 Å². The SMILES string of the molecule is CCC(C)Nc1ccc(-n2ccnc2)cc1. The molecule has 2 aromatic rings. The predicted molar refractivity (Wildman–Crippen MR) is 66.9 cm³/mol. The van der Waals surface area contributed by atoms with Crippen LogP contribution < -0.4 is 5.32 Å². The first-order valence-electron chi connectivity index (χ1n) is 5.64. The molecule has 16 heavy (non-hydrogen) atoms. The molecule has 1 unspecified atom stereocenters. The number of benzene rings is 1. The molecule has 2 rings (SSSR count). The summed E-state index contributed by atoms with van der Waals surface area (Å²) in [5, 5.41) is 3.44. The molecule has 0 aliphatic carbocycles. The first-order valence-corrected chi connectivity index (χ1v) is 5.64. The van der Waals surface area contributed by atoms with Gasteiger partial charge in [0, 0.05) is 29.8 Å². The van der Waals surface area contributed by atoms with Crippen LogP contribution in [-0.2, 0) is 0 Å². The Kier molecular flexibility index (Phi) is 3.25. The number of nitrogens with one attached hydrogen (secondary N) is 1. The van der Waals surface area contributed by atoms with Gasteiger partial charge in [0.15, 0.2) is 0 Å². The van der Waals surface area contributed by atoms with Crippen LogP contribution in [0.5, 0.6) is 0 Å². The molecule has 1 atom stereocenters. The van der Waals surface area contributed by atoms with E-state index in [9.17, 15) is 0 Å². The van der Waals surface area contributed by atoms with Crippen LogP contribution in [0, 0.1) is 0 Å². The van der Waals surface area contributed by atoms with Crippen LogP contribution in [0.4, 0.5) is 5.69 Å². The van der Waals surface area contributed by atoms with E-state index >= 15 is 0 Å². The first kappa shape index (κ1) is 10.7. The van der Waals surface area contributed by atoms with Crippen molar-refractivity contribution in [3.8, 4) is 5.69 Å². The summed E-state index contributed by atoms with van der Waals surface area (Å²) in [6.45, 7) is 4.36. The van der Waals surface area contributed by atoms with E-state index in [0.29, 0.717) is 6.04 Å². The van der Waals surface area contributed by atoms with Gasteiger partial charge in [-0.1, -0.05) is 6.92 Å². The molecule has 0 fully saturated rings. The van der Waals surface area contributed by atoms with Crippen LogP contribution in [-0.4, -0.2) is 15.6 Å². The van der Waals surface area contributed by atoms with E-state index in [1.807, 2.05) is 10.8 Å². The van der Waals surface area contributed by atoms with Gasteiger partial charge in [-0.25, -0.2) is 4.98 Å². The van der Waals surface area contributed by atoms with Crippen molar-refractivity contribution in [2.75, 3.05) is 5.32 Å². The van der Waals surface area contributed by atoms with Crippen molar-refractivity contribution in [3.05, 3.63) is 43.0 Å². The Morgan fingerprint density at radius 1 is 1.31 bits per heavy atom. The molecule has 0 radical (unpaired) electrons. The third kappa shape index (κ3) is 2.42. The molecule has 84 valence electrons. The Labute approximate surface area is 96.1 Å². The van der Waals surface area contributed by atoms with E-state index < -0.39 is 0 Å². The van der Waals surface area contributed by atoms with Gasteiger partial charge >= 0.3 is 0 Å². The molecule has 0 bridgehead atoms. The molecule has 0 spiro atoms. The van der Waals surface area contributed by atoms with Crippen LogP contribution in [0.3, 0.4) is 0 Å². The highest BCUT2D eigenvalue weighted by molar-refractivity contribution is 5.49. The number of imidazole rings is 1. The molecule has 3 nitrogen and oxygen atoms in total. The summed E-state index contributed by atoms with van der Waals surface area (Å²) in [6, 6.07) is 8.89. The maximum Gasteiger partial charge on any atom is 0.0991 e. The zero-order chi connectivity index (χ0) is 11.4. The fourth-order valence-electron chi connectivity index (χ4n) is 1.53. The molecule has 1 aromatic heterocycles. The summed E-state index contributed by atoms with van der Waals surface area (Å²) in [5.74, 6) is 0. The van der Waals surface area contributed by atoms with Gasteiger partial charge < -0.3 is 9.88 Å². The van der Waals surface area contributed by atoms with E-state index in [1.54, 1.807) is 12.5 Å². The van der Waals surface area contributed by atoms with Crippen LogP contribution in [0.1, 0.15) is 20.3 Å². The van der Waals surface area contributed by atoms with Crippen molar-refractivity contribution in [1.82, 2.24) is 9.55 Å². The van der Waals surface area contributed by atoms with Gasteiger partial charge in [0.05, 0.1) is 6.33 Å². The summed E-state index contributed by atoms with van der Waals surface area (Å²) in [5.41, 5.74) is 2.30. The average Bonchev–Trinajstić information content (AvgIpc) is 2.83. The average molecular weight is 215 g/mol. The number of nitrogens with zero attached hydrogens (tertiary/aromatic N) is 2. The first-order chi connectivity index (χ1) is 7.79. The lowest BCUT2D eigenvalue weighted by Crippen LogP contribution is -2.13. The van der Waals surface area contributed by atoms with Crippen molar-refractivity contribution >= 4 is 5.69 Å². The molecule has 3 heteroatoms. The third-order valence-electron chi connectivity index (χ3n) is 2.70. The van der Waals surface area contributed by atoms with Crippen molar-refractivity contribution < 1.29 is 0 Å². The van der Waals surface area contributed by atoms with Crippen LogP contribution in [0.2, 0.25) is 0 Å². The minimum absolute atomic E-state index is 0.513. The lowest BCUT2D eigenvalue weighted by atomic mass is 10.2. The topological polar surface area (TPSA) is 29.9 Å². The van der Waals surface area contributed by atoms with Gasteiger partial charge in [0.25, 0.3) is 0 Å². The van der Waals surface area contributed by atoms with E-state index in [2.05, 4.69) is 48.4 Å². The van der Waals surface area contributed by atoms with Gasteiger partial charge in [0.1, 0.15) is 0 Å². The van der Waals surface area contributed by atoms with Gasteiger partial charge in [-0.3, -0.25) is 0 Å². The van der Waals surface area contributed by atoms with E-state index in [4.69, 9.17) is 0 Å². The highest BCUT2D eigenvalue weighted by Gasteiger charge is 1.99. The number of anilines is 1. The summed E-state index contributed by atoms with van der Waals surface area (Å²) in [4.78, 5) is 4.03. The highest BCUT2D eigenvalue weighted by atomic mass is 15.0. The van der Waals surface area contributed by atoms with Crippen molar-refractivity contribution in [2.45, 2.75) is 26.3 Å². The van der Waals surface area contributed by atoms with E-state index in [1.165, 1.54) is 5.69 Å². The number of hydrogen-bond donors (Lipinski definition) is 1. The Morgan fingerprint density at radius 3 is 2.62 bits per heavy atom.